The zero-order chi connectivity index (χ0) is 11.7. The standard InChI is InChI=1S/C6H4F8/c1-2(7)5(10,11)3(4(8)9)6(12,13)14/h2H,1H3. The summed E-state index contributed by atoms with van der Waals surface area (Å²) in [5.41, 5.74) is -3.43. The average Bonchev–Trinajstić information content (AvgIpc) is 1.79. The number of halogens is 8. The van der Waals surface area contributed by atoms with E-state index in [1.165, 1.54) is 0 Å². The Kier molecular flexibility index (Phi) is 3.52. The van der Waals surface area contributed by atoms with E-state index in [1.807, 2.05) is 0 Å². The maximum absolute atomic E-state index is 12.3. The molecular weight excluding hydrogens is 224 g/mol. The highest BCUT2D eigenvalue weighted by Crippen LogP contribution is 2.43. The van der Waals surface area contributed by atoms with Gasteiger partial charge < -0.3 is 0 Å². The number of allylic oxidation sites excluding steroid dienone is 1. The van der Waals surface area contributed by atoms with Crippen LogP contribution < -0.4 is 0 Å². The van der Waals surface area contributed by atoms with Crippen LogP contribution in [0.25, 0.3) is 0 Å². The second-order valence-corrected chi connectivity index (χ2v) is 2.37. The third kappa shape index (κ3) is 2.58. The van der Waals surface area contributed by atoms with Gasteiger partial charge in [0.2, 0.25) is 0 Å². The molecule has 0 bridgehead atoms. The third-order valence-corrected chi connectivity index (χ3v) is 1.31. The Hall–Kier alpha value is -0.820. The molecule has 0 heterocycles. The minimum Gasteiger partial charge on any atom is -0.241 e. The molecule has 0 radical (unpaired) electrons. The molecule has 1 unspecified atom stereocenters. The lowest BCUT2D eigenvalue weighted by atomic mass is 10.1. The van der Waals surface area contributed by atoms with E-state index in [-0.39, 0.29) is 6.92 Å². The fourth-order valence-corrected chi connectivity index (χ4v) is 0.621. The van der Waals surface area contributed by atoms with E-state index in [9.17, 15) is 35.1 Å². The molecule has 0 aromatic heterocycles. The van der Waals surface area contributed by atoms with Gasteiger partial charge in [0.15, 0.2) is 11.7 Å². The highest BCUT2D eigenvalue weighted by atomic mass is 19.4. The Bertz CT molecular complexity index is 231. The molecule has 0 saturated heterocycles. The molecule has 0 aliphatic rings. The van der Waals surface area contributed by atoms with Gasteiger partial charge in [0.25, 0.3) is 6.08 Å². The van der Waals surface area contributed by atoms with E-state index in [4.69, 9.17) is 0 Å². The van der Waals surface area contributed by atoms with Crippen molar-refractivity contribution in [2.24, 2.45) is 0 Å². The molecular formula is C6H4F8. The summed E-state index contributed by atoms with van der Waals surface area (Å²) >= 11 is 0. The number of hydrogen-bond donors (Lipinski definition) is 0. The van der Waals surface area contributed by atoms with Crippen LogP contribution in [-0.4, -0.2) is 18.3 Å². The Morgan fingerprint density at radius 2 is 1.36 bits per heavy atom. The Labute approximate surface area is 73.2 Å². The van der Waals surface area contributed by atoms with Crippen LogP contribution in [-0.2, 0) is 0 Å². The van der Waals surface area contributed by atoms with Gasteiger partial charge in [0.1, 0.15) is 0 Å². The second kappa shape index (κ2) is 3.74. The van der Waals surface area contributed by atoms with Crippen LogP contribution in [0.4, 0.5) is 35.1 Å². The molecule has 0 spiro atoms. The van der Waals surface area contributed by atoms with Gasteiger partial charge in [-0.15, -0.1) is 0 Å². The molecule has 0 rings (SSSR count). The topological polar surface area (TPSA) is 0 Å². The molecule has 1 atom stereocenters. The summed E-state index contributed by atoms with van der Waals surface area (Å²) in [5, 5.41) is 0. The maximum atomic E-state index is 12.3. The summed E-state index contributed by atoms with van der Waals surface area (Å²) in [6.45, 7) is 0.0642. The third-order valence-electron chi connectivity index (χ3n) is 1.31. The van der Waals surface area contributed by atoms with Crippen LogP contribution in [0.5, 0.6) is 0 Å². The summed E-state index contributed by atoms with van der Waals surface area (Å²) in [5.74, 6) is -5.24. The molecule has 0 aliphatic heterocycles. The van der Waals surface area contributed by atoms with Crippen LogP contribution in [0.15, 0.2) is 11.7 Å². The fourth-order valence-electron chi connectivity index (χ4n) is 0.621. The van der Waals surface area contributed by atoms with E-state index in [0.717, 1.165) is 0 Å². The fraction of sp³-hybridized carbons (Fsp3) is 0.667. The van der Waals surface area contributed by atoms with Gasteiger partial charge in [-0.3, -0.25) is 0 Å². The predicted molar refractivity (Wildman–Crippen MR) is 30.8 cm³/mol. The van der Waals surface area contributed by atoms with Gasteiger partial charge in [0, 0.05) is 0 Å². The summed E-state index contributed by atoms with van der Waals surface area (Å²) in [6.07, 6.45) is -12.9. The van der Waals surface area contributed by atoms with Crippen molar-refractivity contribution in [2.75, 3.05) is 0 Å². The number of rotatable bonds is 2. The first kappa shape index (κ1) is 13.2. The van der Waals surface area contributed by atoms with Crippen LogP contribution >= 0.6 is 0 Å². The minimum atomic E-state index is -5.96. The van der Waals surface area contributed by atoms with E-state index >= 15 is 0 Å². The summed E-state index contributed by atoms with van der Waals surface area (Å²) < 4.78 is 94.7. The summed E-state index contributed by atoms with van der Waals surface area (Å²) in [6, 6.07) is 0. The quantitative estimate of drug-likeness (QED) is 0.632. The molecule has 0 aliphatic carbocycles. The van der Waals surface area contributed by atoms with Crippen molar-refractivity contribution in [2.45, 2.75) is 25.2 Å². The monoisotopic (exact) mass is 228 g/mol. The van der Waals surface area contributed by atoms with Crippen LogP contribution in [0.2, 0.25) is 0 Å². The average molecular weight is 228 g/mol. The highest BCUT2D eigenvalue weighted by Gasteiger charge is 2.56. The molecule has 0 fully saturated rings. The summed E-state index contributed by atoms with van der Waals surface area (Å²) in [7, 11) is 0. The molecule has 84 valence electrons. The minimum absolute atomic E-state index is 0.0642. The van der Waals surface area contributed by atoms with Crippen molar-refractivity contribution in [3.05, 3.63) is 11.7 Å². The van der Waals surface area contributed by atoms with Gasteiger partial charge >= 0.3 is 12.1 Å². The van der Waals surface area contributed by atoms with Crippen LogP contribution in [0.1, 0.15) is 6.92 Å². The Morgan fingerprint density at radius 3 is 1.43 bits per heavy atom. The zero-order valence-electron chi connectivity index (χ0n) is 6.60. The molecule has 0 N–H and O–H groups in total. The van der Waals surface area contributed by atoms with Gasteiger partial charge in [0.05, 0.1) is 0 Å². The molecule has 0 amide bonds. The van der Waals surface area contributed by atoms with Gasteiger partial charge in [-0.2, -0.15) is 30.7 Å². The largest absolute Gasteiger partial charge is 0.423 e. The van der Waals surface area contributed by atoms with Crippen LogP contribution in [0, 0.1) is 0 Å². The zero-order valence-corrected chi connectivity index (χ0v) is 6.60. The van der Waals surface area contributed by atoms with Crippen molar-refractivity contribution in [3.63, 3.8) is 0 Å². The molecule has 0 aromatic rings. The lowest BCUT2D eigenvalue weighted by Gasteiger charge is -2.21. The van der Waals surface area contributed by atoms with Crippen molar-refractivity contribution in [3.8, 4) is 0 Å². The summed E-state index contributed by atoms with van der Waals surface area (Å²) in [4.78, 5) is 0. The normalized spacial score (nSPS) is 15.2. The second-order valence-electron chi connectivity index (χ2n) is 2.37. The predicted octanol–water partition coefficient (Wildman–Crippen LogP) is 3.69. The van der Waals surface area contributed by atoms with Crippen molar-refractivity contribution in [1.29, 1.82) is 0 Å². The molecule has 0 nitrogen and oxygen atoms in total. The molecule has 14 heavy (non-hydrogen) atoms. The number of hydrogen-bond acceptors (Lipinski definition) is 0. The first-order valence-corrected chi connectivity index (χ1v) is 3.16. The van der Waals surface area contributed by atoms with E-state index < -0.39 is 29.9 Å². The van der Waals surface area contributed by atoms with E-state index in [2.05, 4.69) is 0 Å². The molecule has 0 saturated carbocycles. The van der Waals surface area contributed by atoms with Crippen molar-refractivity contribution < 1.29 is 35.1 Å². The SMILES string of the molecule is CC(F)C(F)(F)C(=C(F)F)C(F)(F)F. The Balaban J connectivity index is 5.39. The highest BCUT2D eigenvalue weighted by molar-refractivity contribution is 5.21. The smallest absolute Gasteiger partial charge is 0.241 e. The first-order valence-electron chi connectivity index (χ1n) is 3.16. The lowest BCUT2D eigenvalue weighted by Crippen LogP contribution is -2.37. The lowest BCUT2D eigenvalue weighted by molar-refractivity contribution is -0.148. The van der Waals surface area contributed by atoms with Gasteiger partial charge in [-0.25, -0.2) is 4.39 Å². The van der Waals surface area contributed by atoms with Crippen molar-refractivity contribution >= 4 is 0 Å². The van der Waals surface area contributed by atoms with Gasteiger partial charge in [-0.05, 0) is 6.92 Å². The first-order chi connectivity index (χ1) is 6.01. The van der Waals surface area contributed by atoms with E-state index in [1.54, 1.807) is 0 Å². The van der Waals surface area contributed by atoms with Crippen molar-refractivity contribution in [1.82, 2.24) is 0 Å². The van der Waals surface area contributed by atoms with Crippen LogP contribution in [0.3, 0.4) is 0 Å². The molecule has 8 heteroatoms. The maximum Gasteiger partial charge on any atom is 0.423 e. The molecule has 0 aromatic carbocycles. The number of alkyl halides is 6. The Morgan fingerprint density at radius 1 is 1.00 bits per heavy atom. The van der Waals surface area contributed by atoms with E-state index in [0.29, 0.717) is 0 Å². The van der Waals surface area contributed by atoms with Gasteiger partial charge in [-0.1, -0.05) is 0 Å².